The Labute approximate surface area is 111 Å². The van der Waals surface area contributed by atoms with Crippen LogP contribution < -0.4 is 16.0 Å². The van der Waals surface area contributed by atoms with Crippen LogP contribution in [0.15, 0.2) is 34.8 Å². The number of nitrogens with one attached hydrogen (secondary N) is 1. The molecule has 1 aromatic rings. The molecule has 0 heterocycles. The number of benzene rings is 1. The monoisotopic (exact) mass is 298 g/mol. The van der Waals surface area contributed by atoms with Crippen LogP contribution in [0.1, 0.15) is 31.4 Å². The summed E-state index contributed by atoms with van der Waals surface area (Å²) in [5.41, 5.74) is 5.10. The van der Waals surface area contributed by atoms with Crippen LogP contribution in [0.3, 0.4) is 0 Å². The highest BCUT2D eigenvalue weighted by Gasteiger charge is 2.13. The average molecular weight is 299 g/mol. The molecule has 0 radical (unpaired) electrons. The summed E-state index contributed by atoms with van der Waals surface area (Å²) in [7, 11) is 1.66. The van der Waals surface area contributed by atoms with Crippen molar-refractivity contribution in [1.82, 2.24) is 5.43 Å². The van der Waals surface area contributed by atoms with Gasteiger partial charge in [-0.1, -0.05) is 21.5 Å². The molecule has 0 amide bonds. The molecule has 0 aliphatic heterocycles. The molecular weight excluding hydrogens is 280 g/mol. The normalized spacial score (nSPS) is 12.2. The van der Waals surface area contributed by atoms with Crippen molar-refractivity contribution in [2.45, 2.75) is 25.8 Å². The predicted octanol–water partition coefficient (Wildman–Crippen LogP) is 3.32. The van der Waals surface area contributed by atoms with Crippen LogP contribution in [0.2, 0.25) is 0 Å². The number of rotatable bonds is 6. The lowest BCUT2D eigenvalue weighted by Crippen LogP contribution is -2.28. The van der Waals surface area contributed by atoms with Gasteiger partial charge in [-0.05, 0) is 43.5 Å². The number of allylic oxidation sites excluding steroid dienone is 1. The van der Waals surface area contributed by atoms with Crippen molar-refractivity contribution in [2.75, 3.05) is 7.11 Å². The lowest BCUT2D eigenvalue weighted by molar-refractivity contribution is 0.412. The fraction of sp³-hybridized carbons (Fsp3) is 0.385. The molecule has 0 aliphatic rings. The fourth-order valence-corrected chi connectivity index (χ4v) is 2.16. The Morgan fingerprint density at radius 2 is 2.29 bits per heavy atom. The zero-order chi connectivity index (χ0) is 12.8. The number of hydrogen-bond acceptors (Lipinski definition) is 3. The van der Waals surface area contributed by atoms with Gasteiger partial charge in [0.2, 0.25) is 0 Å². The zero-order valence-electron chi connectivity index (χ0n) is 10.3. The molecule has 0 saturated carbocycles. The maximum atomic E-state index is 5.61. The molecule has 17 heavy (non-hydrogen) atoms. The Bertz CT molecular complexity index is 393. The van der Waals surface area contributed by atoms with Gasteiger partial charge in [-0.3, -0.25) is 11.3 Å². The molecule has 0 aromatic heterocycles. The Kier molecular flexibility index (Phi) is 5.68. The number of hydrazine groups is 1. The molecule has 4 heteroatoms. The van der Waals surface area contributed by atoms with Gasteiger partial charge in [0.05, 0.1) is 7.11 Å². The van der Waals surface area contributed by atoms with E-state index in [-0.39, 0.29) is 6.04 Å². The van der Waals surface area contributed by atoms with Crippen molar-refractivity contribution in [2.24, 2.45) is 5.84 Å². The highest BCUT2D eigenvalue weighted by atomic mass is 79.9. The minimum absolute atomic E-state index is 0.0937. The van der Waals surface area contributed by atoms with Crippen LogP contribution in [0.25, 0.3) is 0 Å². The van der Waals surface area contributed by atoms with Crippen molar-refractivity contribution in [1.29, 1.82) is 0 Å². The van der Waals surface area contributed by atoms with E-state index >= 15 is 0 Å². The van der Waals surface area contributed by atoms with Gasteiger partial charge in [-0.15, -0.1) is 6.58 Å². The summed E-state index contributed by atoms with van der Waals surface area (Å²) in [6.45, 7) is 5.93. The van der Waals surface area contributed by atoms with Gasteiger partial charge in [-0.25, -0.2) is 0 Å². The van der Waals surface area contributed by atoms with Crippen LogP contribution >= 0.6 is 15.9 Å². The van der Waals surface area contributed by atoms with E-state index in [1.165, 1.54) is 0 Å². The molecule has 0 aliphatic carbocycles. The van der Waals surface area contributed by atoms with Gasteiger partial charge in [0, 0.05) is 10.5 Å². The highest BCUT2D eigenvalue weighted by molar-refractivity contribution is 9.10. The van der Waals surface area contributed by atoms with Gasteiger partial charge >= 0.3 is 0 Å². The maximum Gasteiger partial charge on any atom is 0.119 e. The molecule has 1 atom stereocenters. The second-order valence-electron chi connectivity index (χ2n) is 4.10. The third-order valence-corrected chi connectivity index (χ3v) is 3.36. The first kappa shape index (κ1) is 14.2. The summed E-state index contributed by atoms with van der Waals surface area (Å²) in [5.74, 6) is 6.44. The van der Waals surface area contributed by atoms with Crippen LogP contribution in [0, 0.1) is 0 Å². The lowest BCUT2D eigenvalue weighted by atomic mass is 10.0. The van der Waals surface area contributed by atoms with E-state index in [2.05, 4.69) is 27.9 Å². The number of hydrogen-bond donors (Lipinski definition) is 2. The molecule has 0 spiro atoms. The summed E-state index contributed by atoms with van der Waals surface area (Å²) >= 11 is 3.53. The number of halogens is 1. The van der Waals surface area contributed by atoms with Gasteiger partial charge < -0.3 is 4.74 Å². The van der Waals surface area contributed by atoms with Crippen molar-refractivity contribution < 1.29 is 4.74 Å². The van der Waals surface area contributed by atoms with Crippen molar-refractivity contribution in [3.8, 4) is 5.75 Å². The van der Waals surface area contributed by atoms with Crippen LogP contribution in [0.5, 0.6) is 5.75 Å². The smallest absolute Gasteiger partial charge is 0.119 e. The van der Waals surface area contributed by atoms with Crippen LogP contribution in [-0.2, 0) is 0 Å². The maximum absolute atomic E-state index is 5.61. The molecule has 0 fully saturated rings. The van der Waals surface area contributed by atoms with E-state index in [4.69, 9.17) is 10.6 Å². The van der Waals surface area contributed by atoms with Gasteiger partial charge in [-0.2, -0.15) is 0 Å². The third-order valence-electron chi connectivity index (χ3n) is 2.64. The molecule has 94 valence electrons. The molecule has 1 aromatic carbocycles. The Hall–Kier alpha value is -0.840. The predicted molar refractivity (Wildman–Crippen MR) is 74.8 cm³/mol. The van der Waals surface area contributed by atoms with Gasteiger partial charge in [0.15, 0.2) is 0 Å². The molecule has 3 N–H and O–H groups in total. The first-order chi connectivity index (χ1) is 8.08. The van der Waals surface area contributed by atoms with Crippen LogP contribution in [-0.4, -0.2) is 7.11 Å². The second-order valence-corrected chi connectivity index (χ2v) is 4.96. The lowest BCUT2D eigenvalue weighted by Gasteiger charge is -2.18. The Balaban J connectivity index is 2.89. The standard InChI is InChI=1S/C13H19BrN2O/c1-9(2)4-7-13(16-15)11-8-10(17-3)5-6-12(11)14/h5-6,8,13,16H,1,4,7,15H2,2-3H3. The topological polar surface area (TPSA) is 47.3 Å². The molecule has 3 nitrogen and oxygen atoms in total. The quantitative estimate of drug-likeness (QED) is 0.481. The summed E-state index contributed by atoms with van der Waals surface area (Å²) in [4.78, 5) is 0. The van der Waals surface area contributed by atoms with Gasteiger partial charge in [0.1, 0.15) is 5.75 Å². The Morgan fingerprint density at radius 3 is 2.82 bits per heavy atom. The molecule has 0 saturated heterocycles. The van der Waals surface area contributed by atoms with E-state index in [9.17, 15) is 0 Å². The van der Waals surface area contributed by atoms with Crippen LogP contribution in [0.4, 0.5) is 0 Å². The Morgan fingerprint density at radius 1 is 1.59 bits per heavy atom. The summed E-state index contributed by atoms with van der Waals surface area (Å²) in [6.07, 6.45) is 1.86. The molecule has 0 bridgehead atoms. The zero-order valence-corrected chi connectivity index (χ0v) is 11.9. The van der Waals surface area contributed by atoms with E-state index in [0.29, 0.717) is 0 Å². The molecule has 1 rings (SSSR count). The minimum Gasteiger partial charge on any atom is -0.497 e. The third kappa shape index (κ3) is 4.15. The van der Waals surface area contributed by atoms with E-state index in [0.717, 1.165) is 34.2 Å². The number of nitrogens with two attached hydrogens (primary N) is 1. The molecule has 1 unspecified atom stereocenters. The van der Waals surface area contributed by atoms with E-state index in [1.54, 1.807) is 7.11 Å². The first-order valence-electron chi connectivity index (χ1n) is 5.52. The van der Waals surface area contributed by atoms with Crippen molar-refractivity contribution >= 4 is 15.9 Å². The van der Waals surface area contributed by atoms with E-state index in [1.807, 2.05) is 25.1 Å². The second kappa shape index (κ2) is 6.79. The summed E-state index contributed by atoms with van der Waals surface area (Å²) in [5, 5.41) is 0. The SMILES string of the molecule is C=C(C)CCC(NN)c1cc(OC)ccc1Br. The largest absolute Gasteiger partial charge is 0.497 e. The highest BCUT2D eigenvalue weighted by Crippen LogP contribution is 2.30. The van der Waals surface area contributed by atoms with Gasteiger partial charge in [0.25, 0.3) is 0 Å². The summed E-state index contributed by atoms with van der Waals surface area (Å²) in [6, 6.07) is 5.97. The average Bonchev–Trinajstić information content (AvgIpc) is 2.31. The first-order valence-corrected chi connectivity index (χ1v) is 6.31. The summed E-state index contributed by atoms with van der Waals surface area (Å²) < 4.78 is 6.25. The number of methoxy groups -OCH3 is 1. The minimum atomic E-state index is 0.0937. The fourth-order valence-electron chi connectivity index (χ4n) is 1.64. The number of ether oxygens (including phenoxy) is 1. The van der Waals surface area contributed by atoms with Crippen molar-refractivity contribution in [3.05, 3.63) is 40.4 Å². The van der Waals surface area contributed by atoms with Crippen molar-refractivity contribution in [3.63, 3.8) is 0 Å². The molecular formula is C13H19BrN2O. The van der Waals surface area contributed by atoms with E-state index < -0.39 is 0 Å².